The molecule has 0 bridgehead atoms. The van der Waals surface area contributed by atoms with Crippen molar-refractivity contribution in [2.24, 2.45) is 0 Å². The molecule has 0 aliphatic heterocycles. The Kier molecular flexibility index (Phi) is 6.39. The van der Waals surface area contributed by atoms with Crippen molar-refractivity contribution in [3.05, 3.63) is 76.8 Å². The van der Waals surface area contributed by atoms with Crippen LogP contribution in [0.25, 0.3) is 22.4 Å². The van der Waals surface area contributed by atoms with Gasteiger partial charge in [0.25, 0.3) is 5.91 Å². The van der Waals surface area contributed by atoms with Crippen molar-refractivity contribution < 1.29 is 9.53 Å². The van der Waals surface area contributed by atoms with E-state index in [4.69, 9.17) is 28.6 Å². The number of carbonyl (C=O) groups excluding carboxylic acids is 1. The average molecular weight is 465 g/mol. The molecule has 1 amide bonds. The van der Waals surface area contributed by atoms with Gasteiger partial charge in [-0.2, -0.15) is 0 Å². The molecule has 0 aliphatic rings. The quantitative estimate of drug-likeness (QED) is 0.345. The summed E-state index contributed by atoms with van der Waals surface area (Å²) >= 11 is 11.4. The molecule has 6 nitrogen and oxygen atoms in total. The summed E-state index contributed by atoms with van der Waals surface area (Å²) in [6, 6.07) is 18.9. The van der Waals surface area contributed by atoms with Crippen LogP contribution in [0.15, 0.2) is 60.7 Å². The largest absolute Gasteiger partial charge is 0.484 e. The fraction of sp³-hybridized carbons (Fsp3) is 0.125. The topological polar surface area (TPSA) is 79.0 Å². The number of halogens is 1. The molecule has 0 radical (unpaired) electrons. The number of hydrogen-bond acceptors (Lipinski definition) is 4. The number of ether oxygens (including phenoxy) is 1. The van der Waals surface area contributed by atoms with Crippen molar-refractivity contribution in [2.75, 3.05) is 11.9 Å². The molecule has 162 valence electrons. The van der Waals surface area contributed by atoms with E-state index in [1.54, 1.807) is 6.07 Å². The van der Waals surface area contributed by atoms with Crippen LogP contribution in [-0.2, 0) is 4.79 Å². The van der Waals surface area contributed by atoms with Gasteiger partial charge in [0, 0.05) is 16.3 Å². The van der Waals surface area contributed by atoms with E-state index < -0.39 is 0 Å². The molecule has 3 aromatic carbocycles. The molecule has 0 saturated carbocycles. The second-order valence-electron chi connectivity index (χ2n) is 7.39. The number of fused-ring (bicyclic) bond motifs is 1. The number of aromatic amines is 1. The van der Waals surface area contributed by atoms with Gasteiger partial charge in [-0.15, -0.1) is 0 Å². The zero-order valence-electron chi connectivity index (χ0n) is 17.5. The summed E-state index contributed by atoms with van der Waals surface area (Å²) in [5.41, 5.74) is 5.46. The standard InChI is InChI=1S/C24H21ClN4O2S/c1-14-4-3-5-18(10-14)31-13-22(30)29-24(32)26-17-8-6-16(7-9-17)23-27-20-11-15(2)19(25)12-21(20)28-23/h3-12H,13H2,1-2H3,(H,27,28)(H2,26,29,30,32). The Balaban J connectivity index is 1.34. The number of amides is 1. The summed E-state index contributed by atoms with van der Waals surface area (Å²) in [6.45, 7) is 3.79. The zero-order valence-corrected chi connectivity index (χ0v) is 19.1. The Hall–Kier alpha value is -3.42. The van der Waals surface area contributed by atoms with E-state index >= 15 is 0 Å². The van der Waals surface area contributed by atoms with Crippen molar-refractivity contribution in [1.29, 1.82) is 0 Å². The second-order valence-corrected chi connectivity index (χ2v) is 8.20. The fourth-order valence-electron chi connectivity index (χ4n) is 3.17. The van der Waals surface area contributed by atoms with E-state index in [1.807, 2.05) is 68.4 Å². The minimum atomic E-state index is -0.336. The molecular formula is C24H21ClN4O2S. The van der Waals surface area contributed by atoms with Crippen LogP contribution in [0.4, 0.5) is 5.69 Å². The number of rotatable bonds is 5. The minimum Gasteiger partial charge on any atom is -0.484 e. The highest BCUT2D eigenvalue weighted by Crippen LogP contribution is 2.26. The van der Waals surface area contributed by atoms with Gasteiger partial charge in [0.1, 0.15) is 11.6 Å². The molecular weight excluding hydrogens is 444 g/mol. The molecule has 0 saturated heterocycles. The molecule has 8 heteroatoms. The normalized spacial score (nSPS) is 10.7. The molecule has 4 aromatic rings. The smallest absolute Gasteiger partial charge is 0.264 e. The Morgan fingerprint density at radius 2 is 1.91 bits per heavy atom. The summed E-state index contributed by atoms with van der Waals surface area (Å²) in [7, 11) is 0. The average Bonchev–Trinajstić information content (AvgIpc) is 3.15. The predicted octanol–water partition coefficient (Wildman–Crippen LogP) is 5.39. The van der Waals surface area contributed by atoms with Crippen LogP contribution in [0, 0.1) is 13.8 Å². The minimum absolute atomic E-state index is 0.125. The maximum atomic E-state index is 12.1. The number of anilines is 1. The fourth-order valence-corrected chi connectivity index (χ4v) is 3.56. The van der Waals surface area contributed by atoms with E-state index in [0.29, 0.717) is 10.8 Å². The van der Waals surface area contributed by atoms with Crippen LogP contribution < -0.4 is 15.4 Å². The van der Waals surface area contributed by atoms with E-state index in [2.05, 4.69) is 20.6 Å². The lowest BCUT2D eigenvalue weighted by molar-refractivity contribution is -0.121. The van der Waals surface area contributed by atoms with Gasteiger partial charge in [-0.25, -0.2) is 4.98 Å². The van der Waals surface area contributed by atoms with E-state index in [0.717, 1.165) is 39.2 Å². The van der Waals surface area contributed by atoms with Crippen LogP contribution in [0.3, 0.4) is 0 Å². The molecule has 0 spiro atoms. The predicted molar refractivity (Wildman–Crippen MR) is 132 cm³/mol. The third-order valence-corrected chi connectivity index (χ3v) is 5.40. The first-order chi connectivity index (χ1) is 15.4. The number of imidazole rings is 1. The van der Waals surface area contributed by atoms with Gasteiger partial charge in [0.15, 0.2) is 11.7 Å². The van der Waals surface area contributed by atoms with Gasteiger partial charge < -0.3 is 15.0 Å². The highest BCUT2D eigenvalue weighted by Gasteiger charge is 2.09. The molecule has 0 atom stereocenters. The Bertz CT molecular complexity index is 1260. The van der Waals surface area contributed by atoms with Crippen LogP contribution in [0.5, 0.6) is 5.75 Å². The Morgan fingerprint density at radius 3 is 2.66 bits per heavy atom. The number of hydrogen-bond donors (Lipinski definition) is 3. The monoisotopic (exact) mass is 464 g/mol. The number of carbonyl (C=O) groups is 1. The summed E-state index contributed by atoms with van der Waals surface area (Å²) in [5.74, 6) is 1.05. The van der Waals surface area contributed by atoms with Gasteiger partial charge in [-0.3, -0.25) is 10.1 Å². The number of nitrogens with zero attached hydrogens (tertiary/aromatic N) is 1. The van der Waals surface area contributed by atoms with Crippen molar-refractivity contribution >= 4 is 51.6 Å². The molecule has 32 heavy (non-hydrogen) atoms. The van der Waals surface area contributed by atoms with E-state index in [1.165, 1.54) is 0 Å². The van der Waals surface area contributed by atoms with E-state index in [-0.39, 0.29) is 17.6 Å². The lowest BCUT2D eigenvalue weighted by Gasteiger charge is -2.11. The first-order valence-electron chi connectivity index (χ1n) is 9.94. The summed E-state index contributed by atoms with van der Waals surface area (Å²) < 4.78 is 5.49. The van der Waals surface area contributed by atoms with Gasteiger partial charge in [-0.1, -0.05) is 23.7 Å². The number of benzene rings is 3. The first kappa shape index (κ1) is 21.8. The molecule has 0 unspecified atom stereocenters. The van der Waals surface area contributed by atoms with Gasteiger partial charge in [0.05, 0.1) is 11.0 Å². The maximum Gasteiger partial charge on any atom is 0.264 e. The lowest BCUT2D eigenvalue weighted by atomic mass is 10.2. The van der Waals surface area contributed by atoms with Crippen molar-refractivity contribution in [2.45, 2.75) is 13.8 Å². The Labute approximate surface area is 196 Å². The summed E-state index contributed by atoms with van der Waals surface area (Å²) in [5, 5.41) is 6.50. The highest BCUT2D eigenvalue weighted by molar-refractivity contribution is 7.80. The molecule has 4 rings (SSSR count). The number of H-pyrrole nitrogens is 1. The Morgan fingerprint density at radius 1 is 1.12 bits per heavy atom. The zero-order chi connectivity index (χ0) is 22.7. The molecule has 1 aromatic heterocycles. The van der Waals surface area contributed by atoms with Gasteiger partial charge in [0.2, 0.25) is 0 Å². The molecule has 1 heterocycles. The number of thiocarbonyl (C=S) groups is 1. The summed E-state index contributed by atoms with van der Waals surface area (Å²) in [4.78, 5) is 20.0. The highest BCUT2D eigenvalue weighted by atomic mass is 35.5. The van der Waals surface area contributed by atoms with Crippen LogP contribution in [0.2, 0.25) is 5.02 Å². The van der Waals surface area contributed by atoms with Crippen molar-refractivity contribution in [1.82, 2.24) is 15.3 Å². The van der Waals surface area contributed by atoms with Crippen LogP contribution in [0.1, 0.15) is 11.1 Å². The van der Waals surface area contributed by atoms with Gasteiger partial charge >= 0.3 is 0 Å². The van der Waals surface area contributed by atoms with Gasteiger partial charge in [-0.05, 0) is 85.7 Å². The third kappa shape index (κ3) is 5.25. The maximum absolute atomic E-state index is 12.1. The van der Waals surface area contributed by atoms with Crippen molar-refractivity contribution in [3.8, 4) is 17.1 Å². The van der Waals surface area contributed by atoms with E-state index in [9.17, 15) is 4.79 Å². The SMILES string of the molecule is Cc1cccc(OCC(=O)NC(=S)Nc2ccc(-c3nc4cc(Cl)c(C)cc4[nH]3)cc2)c1. The number of aryl methyl sites for hydroxylation is 2. The second kappa shape index (κ2) is 9.38. The molecule has 3 N–H and O–H groups in total. The van der Waals surface area contributed by atoms with Crippen molar-refractivity contribution in [3.63, 3.8) is 0 Å². The van der Waals surface area contributed by atoms with Crippen LogP contribution in [-0.4, -0.2) is 27.6 Å². The third-order valence-electron chi connectivity index (χ3n) is 4.79. The van der Waals surface area contributed by atoms with Crippen LogP contribution >= 0.6 is 23.8 Å². The summed E-state index contributed by atoms with van der Waals surface area (Å²) in [6.07, 6.45) is 0. The molecule has 0 aliphatic carbocycles. The number of nitrogens with one attached hydrogen (secondary N) is 3. The number of aromatic nitrogens is 2. The first-order valence-corrected chi connectivity index (χ1v) is 10.7. The molecule has 0 fully saturated rings. The lowest BCUT2D eigenvalue weighted by Crippen LogP contribution is -2.37.